The van der Waals surface area contributed by atoms with Crippen molar-refractivity contribution in [3.05, 3.63) is 64.2 Å². The van der Waals surface area contributed by atoms with E-state index >= 15 is 0 Å². The Balaban J connectivity index is 1.80. The minimum Gasteiger partial charge on any atom is -0.463 e. The highest BCUT2D eigenvalue weighted by atomic mass is 16.5. The molecule has 2 heterocycles. The number of furan rings is 1. The number of esters is 2. The van der Waals surface area contributed by atoms with E-state index in [0.29, 0.717) is 44.4 Å². The molecule has 7 heteroatoms. The van der Waals surface area contributed by atoms with Crippen LogP contribution >= 0.6 is 0 Å². The van der Waals surface area contributed by atoms with Crippen LogP contribution in [-0.2, 0) is 9.53 Å². The van der Waals surface area contributed by atoms with Crippen molar-refractivity contribution in [2.45, 2.75) is 20.8 Å². The zero-order chi connectivity index (χ0) is 21.4. The molecule has 0 atom stereocenters. The van der Waals surface area contributed by atoms with Crippen LogP contribution in [0, 0.1) is 6.92 Å². The van der Waals surface area contributed by atoms with E-state index in [9.17, 15) is 14.4 Å². The molecular formula is C23H18O7. The molecule has 0 unspecified atom stereocenters. The van der Waals surface area contributed by atoms with Crippen molar-refractivity contribution >= 4 is 33.9 Å². The number of rotatable bonds is 4. The van der Waals surface area contributed by atoms with Crippen molar-refractivity contribution in [1.82, 2.24) is 0 Å². The standard InChI is InChI=1S/C23H18O7/c1-4-27-23(26)22-12(2)17-9-14(5-8-19(17)30-22)18-11-28-20-10-15(29-13(3)24)6-7-16(20)21(18)25/h5-11H,4H2,1-3H3. The summed E-state index contributed by atoms with van der Waals surface area (Å²) >= 11 is 0. The Bertz CT molecular complexity index is 1360. The molecule has 7 nitrogen and oxygen atoms in total. The van der Waals surface area contributed by atoms with E-state index in [4.69, 9.17) is 18.3 Å². The van der Waals surface area contributed by atoms with E-state index in [1.165, 1.54) is 19.3 Å². The maximum absolute atomic E-state index is 13.0. The molecule has 0 amide bonds. The van der Waals surface area contributed by atoms with Crippen molar-refractivity contribution in [1.29, 1.82) is 0 Å². The fourth-order valence-corrected chi connectivity index (χ4v) is 3.32. The molecule has 0 saturated carbocycles. The minimum absolute atomic E-state index is 0.146. The smallest absolute Gasteiger partial charge is 0.374 e. The van der Waals surface area contributed by atoms with Gasteiger partial charge >= 0.3 is 11.9 Å². The summed E-state index contributed by atoms with van der Waals surface area (Å²) in [4.78, 5) is 36.2. The summed E-state index contributed by atoms with van der Waals surface area (Å²) in [5, 5.41) is 1.07. The average Bonchev–Trinajstić information content (AvgIpc) is 3.04. The summed E-state index contributed by atoms with van der Waals surface area (Å²) in [5.41, 5.74) is 2.24. The number of benzene rings is 2. The molecule has 2 aromatic carbocycles. The third-order valence-electron chi connectivity index (χ3n) is 4.72. The van der Waals surface area contributed by atoms with Crippen molar-refractivity contribution < 1.29 is 27.9 Å². The number of carbonyl (C=O) groups is 2. The van der Waals surface area contributed by atoms with Gasteiger partial charge in [0.05, 0.1) is 17.6 Å². The molecule has 30 heavy (non-hydrogen) atoms. The highest BCUT2D eigenvalue weighted by Gasteiger charge is 2.20. The first-order chi connectivity index (χ1) is 14.4. The molecule has 0 bridgehead atoms. The van der Waals surface area contributed by atoms with Gasteiger partial charge in [0.25, 0.3) is 0 Å². The Morgan fingerprint density at radius 2 is 1.83 bits per heavy atom. The Labute approximate surface area is 170 Å². The van der Waals surface area contributed by atoms with Crippen molar-refractivity contribution in [2.24, 2.45) is 0 Å². The third kappa shape index (κ3) is 3.34. The average molecular weight is 406 g/mol. The first kappa shape index (κ1) is 19.4. The lowest BCUT2D eigenvalue weighted by Gasteiger charge is -2.05. The molecule has 0 aliphatic carbocycles. The van der Waals surface area contributed by atoms with Gasteiger partial charge in [0.1, 0.15) is 23.2 Å². The van der Waals surface area contributed by atoms with E-state index < -0.39 is 11.9 Å². The first-order valence-corrected chi connectivity index (χ1v) is 9.33. The summed E-state index contributed by atoms with van der Waals surface area (Å²) in [7, 11) is 0. The van der Waals surface area contributed by atoms with E-state index in [1.807, 2.05) is 0 Å². The van der Waals surface area contributed by atoms with Crippen LogP contribution in [0.1, 0.15) is 30.0 Å². The summed E-state index contributed by atoms with van der Waals surface area (Å²) < 4.78 is 21.3. The molecular weight excluding hydrogens is 388 g/mol. The topological polar surface area (TPSA) is 95.9 Å². The lowest BCUT2D eigenvalue weighted by Crippen LogP contribution is -2.06. The monoisotopic (exact) mass is 406 g/mol. The molecule has 0 N–H and O–H groups in total. The SMILES string of the molecule is CCOC(=O)c1oc2ccc(-c3coc4cc(OC(C)=O)ccc4c3=O)cc2c1C. The van der Waals surface area contributed by atoms with Gasteiger partial charge in [-0.15, -0.1) is 0 Å². The summed E-state index contributed by atoms with van der Waals surface area (Å²) in [6, 6.07) is 9.81. The molecule has 0 aliphatic heterocycles. The second-order valence-electron chi connectivity index (χ2n) is 6.72. The predicted octanol–water partition coefficient (Wildman–Crippen LogP) is 4.62. The Morgan fingerprint density at radius 1 is 1.03 bits per heavy atom. The van der Waals surface area contributed by atoms with Crippen molar-refractivity contribution in [3.63, 3.8) is 0 Å². The number of hydrogen-bond acceptors (Lipinski definition) is 7. The maximum atomic E-state index is 13.0. The van der Waals surface area contributed by atoms with E-state index in [-0.39, 0.29) is 17.8 Å². The molecule has 0 saturated heterocycles. The molecule has 0 spiro atoms. The van der Waals surface area contributed by atoms with Crippen LogP contribution < -0.4 is 10.2 Å². The van der Waals surface area contributed by atoms with Crippen LogP contribution in [0.3, 0.4) is 0 Å². The highest BCUT2D eigenvalue weighted by Crippen LogP contribution is 2.30. The molecule has 152 valence electrons. The van der Waals surface area contributed by atoms with Crippen LogP contribution in [0.15, 0.2) is 56.3 Å². The van der Waals surface area contributed by atoms with E-state index in [1.54, 1.807) is 44.2 Å². The number of aryl methyl sites for hydroxylation is 1. The lowest BCUT2D eigenvalue weighted by molar-refractivity contribution is -0.131. The fourth-order valence-electron chi connectivity index (χ4n) is 3.32. The largest absolute Gasteiger partial charge is 0.463 e. The van der Waals surface area contributed by atoms with Crippen LogP contribution in [0.5, 0.6) is 5.75 Å². The molecule has 4 rings (SSSR count). The number of carbonyl (C=O) groups excluding carboxylic acids is 2. The second-order valence-corrected chi connectivity index (χ2v) is 6.72. The fraction of sp³-hybridized carbons (Fsp3) is 0.174. The van der Waals surface area contributed by atoms with Gasteiger partial charge in [-0.05, 0) is 43.7 Å². The Hall–Kier alpha value is -3.87. The molecule has 0 aliphatic rings. The van der Waals surface area contributed by atoms with Crippen LogP contribution in [-0.4, -0.2) is 18.5 Å². The third-order valence-corrected chi connectivity index (χ3v) is 4.72. The number of hydrogen-bond donors (Lipinski definition) is 0. The number of ether oxygens (including phenoxy) is 2. The van der Waals surface area contributed by atoms with Crippen LogP contribution in [0.4, 0.5) is 0 Å². The van der Waals surface area contributed by atoms with Crippen molar-refractivity contribution in [3.8, 4) is 16.9 Å². The van der Waals surface area contributed by atoms with E-state index in [2.05, 4.69) is 0 Å². The van der Waals surface area contributed by atoms with Gasteiger partial charge in [0, 0.05) is 23.9 Å². The lowest BCUT2D eigenvalue weighted by atomic mass is 10.0. The zero-order valence-corrected chi connectivity index (χ0v) is 16.6. The summed E-state index contributed by atoms with van der Waals surface area (Å²) in [5.74, 6) is -0.541. The second kappa shape index (κ2) is 7.51. The van der Waals surface area contributed by atoms with Gasteiger partial charge in [0.2, 0.25) is 5.76 Å². The van der Waals surface area contributed by atoms with Crippen LogP contribution in [0.2, 0.25) is 0 Å². The first-order valence-electron chi connectivity index (χ1n) is 9.33. The minimum atomic E-state index is -0.526. The highest BCUT2D eigenvalue weighted by molar-refractivity contribution is 5.97. The van der Waals surface area contributed by atoms with Gasteiger partial charge in [-0.2, -0.15) is 0 Å². The molecule has 4 aromatic rings. The molecule has 0 radical (unpaired) electrons. The van der Waals surface area contributed by atoms with Gasteiger partial charge in [-0.3, -0.25) is 9.59 Å². The predicted molar refractivity (Wildman–Crippen MR) is 110 cm³/mol. The van der Waals surface area contributed by atoms with Gasteiger partial charge in [-0.25, -0.2) is 4.79 Å². The Kier molecular flexibility index (Phi) is 4.87. The van der Waals surface area contributed by atoms with Gasteiger partial charge in [0.15, 0.2) is 5.43 Å². The zero-order valence-electron chi connectivity index (χ0n) is 16.6. The Morgan fingerprint density at radius 3 is 2.57 bits per heavy atom. The number of fused-ring (bicyclic) bond motifs is 2. The summed E-state index contributed by atoms with van der Waals surface area (Å²) in [6.45, 7) is 5.03. The molecule has 2 aromatic heterocycles. The van der Waals surface area contributed by atoms with Crippen LogP contribution in [0.25, 0.3) is 33.1 Å². The van der Waals surface area contributed by atoms with Gasteiger partial charge in [-0.1, -0.05) is 6.07 Å². The van der Waals surface area contributed by atoms with Crippen molar-refractivity contribution in [2.75, 3.05) is 6.61 Å². The maximum Gasteiger partial charge on any atom is 0.374 e. The molecule has 0 fully saturated rings. The van der Waals surface area contributed by atoms with E-state index in [0.717, 1.165) is 0 Å². The quantitative estimate of drug-likeness (QED) is 0.360. The normalized spacial score (nSPS) is 11.0. The van der Waals surface area contributed by atoms with Gasteiger partial charge < -0.3 is 18.3 Å². The summed E-state index contributed by atoms with van der Waals surface area (Å²) in [6.07, 6.45) is 1.37.